The van der Waals surface area contributed by atoms with E-state index in [1.807, 2.05) is 31.2 Å². The van der Waals surface area contributed by atoms with Gasteiger partial charge < -0.3 is 15.4 Å². The molecule has 0 spiro atoms. The number of para-hydroxylation sites is 1. The fourth-order valence-electron chi connectivity index (χ4n) is 2.60. The Labute approximate surface area is 166 Å². The maximum Gasteiger partial charge on any atom is 0.224 e. The lowest BCUT2D eigenvalue weighted by Gasteiger charge is -2.11. The lowest BCUT2D eigenvalue weighted by molar-refractivity contribution is -0.116. The van der Waals surface area contributed by atoms with Crippen LogP contribution in [0.5, 0.6) is 5.75 Å². The highest BCUT2D eigenvalue weighted by Gasteiger charge is 2.10. The minimum atomic E-state index is -0.0727. The topological polar surface area (TPSA) is 67.4 Å². The van der Waals surface area contributed by atoms with E-state index in [0.717, 1.165) is 23.5 Å². The van der Waals surface area contributed by atoms with Crippen molar-refractivity contribution in [1.82, 2.24) is 5.32 Å². The molecule has 2 N–H and O–H groups in total. The van der Waals surface area contributed by atoms with Crippen molar-refractivity contribution in [3.8, 4) is 5.75 Å². The van der Waals surface area contributed by atoms with Gasteiger partial charge in [-0.15, -0.1) is 12.4 Å². The van der Waals surface area contributed by atoms with Crippen molar-refractivity contribution < 1.29 is 14.3 Å². The summed E-state index contributed by atoms with van der Waals surface area (Å²) in [5.74, 6) is 0.682. The summed E-state index contributed by atoms with van der Waals surface area (Å²) >= 11 is 0. The number of Topliss-reactive ketones (excluding diaryl/α,β-unsaturated/α-hetero) is 1. The minimum Gasteiger partial charge on any atom is -0.497 e. The van der Waals surface area contributed by atoms with Crippen molar-refractivity contribution in [3.63, 3.8) is 0 Å². The molecule has 0 fully saturated rings. The molecule has 0 radical (unpaired) electrons. The zero-order valence-electron chi connectivity index (χ0n) is 15.8. The average molecular weight is 391 g/mol. The molecule has 0 unspecified atom stereocenters. The van der Waals surface area contributed by atoms with Crippen LogP contribution in [0.3, 0.4) is 0 Å². The van der Waals surface area contributed by atoms with Gasteiger partial charge in [-0.05, 0) is 48.9 Å². The Morgan fingerprint density at radius 1 is 1.00 bits per heavy atom. The lowest BCUT2D eigenvalue weighted by atomic mass is 10.1. The molecule has 0 saturated heterocycles. The molecule has 0 aromatic heterocycles. The molecule has 0 atom stereocenters. The summed E-state index contributed by atoms with van der Waals surface area (Å²) in [5.41, 5.74) is 2.51. The van der Waals surface area contributed by atoms with Crippen LogP contribution in [-0.2, 0) is 11.3 Å². The Hall–Kier alpha value is -2.37. The Morgan fingerprint density at radius 2 is 1.70 bits per heavy atom. The smallest absolute Gasteiger partial charge is 0.224 e. The molecule has 0 bridgehead atoms. The second kappa shape index (κ2) is 12.1. The molecular formula is C21H27ClN2O3. The predicted molar refractivity (Wildman–Crippen MR) is 111 cm³/mol. The van der Waals surface area contributed by atoms with Crippen LogP contribution in [0.2, 0.25) is 0 Å². The van der Waals surface area contributed by atoms with Gasteiger partial charge in [0.2, 0.25) is 5.91 Å². The average Bonchev–Trinajstić information content (AvgIpc) is 2.67. The molecule has 0 saturated carbocycles. The van der Waals surface area contributed by atoms with Crippen LogP contribution in [0.25, 0.3) is 0 Å². The van der Waals surface area contributed by atoms with E-state index >= 15 is 0 Å². The molecule has 27 heavy (non-hydrogen) atoms. The van der Waals surface area contributed by atoms with Crippen molar-refractivity contribution in [3.05, 3.63) is 59.7 Å². The number of hydrogen-bond acceptors (Lipinski definition) is 4. The molecule has 0 aliphatic rings. The first-order valence-electron chi connectivity index (χ1n) is 8.89. The molecule has 2 rings (SSSR count). The lowest BCUT2D eigenvalue weighted by Crippen LogP contribution is -2.17. The third kappa shape index (κ3) is 7.41. The maximum absolute atomic E-state index is 12.2. The number of ether oxygens (including phenoxy) is 1. The highest BCUT2D eigenvalue weighted by molar-refractivity contribution is 5.97. The van der Waals surface area contributed by atoms with Gasteiger partial charge in [0.25, 0.3) is 0 Å². The van der Waals surface area contributed by atoms with Crippen molar-refractivity contribution in [2.24, 2.45) is 0 Å². The Morgan fingerprint density at radius 3 is 2.37 bits per heavy atom. The molecule has 1 amide bonds. The number of methoxy groups -OCH3 is 1. The number of benzene rings is 2. The fourth-order valence-corrected chi connectivity index (χ4v) is 2.60. The third-order valence-electron chi connectivity index (χ3n) is 4.08. The number of halogens is 1. The van der Waals surface area contributed by atoms with Crippen LogP contribution in [-0.4, -0.2) is 25.3 Å². The monoisotopic (exact) mass is 390 g/mol. The SMILES string of the molecule is CCNCc1ccccc1NC(=O)CCCC(=O)c1ccc(OC)cc1.Cl. The molecule has 146 valence electrons. The predicted octanol–water partition coefficient (Wildman–Crippen LogP) is 4.22. The molecule has 0 aliphatic carbocycles. The second-order valence-corrected chi connectivity index (χ2v) is 5.99. The Bertz CT molecular complexity index is 732. The summed E-state index contributed by atoms with van der Waals surface area (Å²) in [6.07, 6.45) is 1.18. The van der Waals surface area contributed by atoms with Gasteiger partial charge in [0.15, 0.2) is 5.78 Å². The van der Waals surface area contributed by atoms with E-state index in [0.29, 0.717) is 31.4 Å². The first-order valence-corrected chi connectivity index (χ1v) is 8.89. The second-order valence-electron chi connectivity index (χ2n) is 5.99. The van der Waals surface area contributed by atoms with E-state index in [1.165, 1.54) is 0 Å². The number of nitrogens with one attached hydrogen (secondary N) is 2. The highest BCUT2D eigenvalue weighted by atomic mass is 35.5. The largest absolute Gasteiger partial charge is 0.497 e. The molecule has 5 nitrogen and oxygen atoms in total. The molecule has 2 aromatic rings. The van der Waals surface area contributed by atoms with Crippen LogP contribution in [0, 0.1) is 0 Å². The van der Waals surface area contributed by atoms with Gasteiger partial charge in [-0.1, -0.05) is 25.1 Å². The normalized spacial score (nSPS) is 10.0. The molecular weight excluding hydrogens is 364 g/mol. The van der Waals surface area contributed by atoms with E-state index in [4.69, 9.17) is 4.74 Å². The van der Waals surface area contributed by atoms with Crippen molar-refractivity contribution in [1.29, 1.82) is 0 Å². The van der Waals surface area contributed by atoms with E-state index in [2.05, 4.69) is 10.6 Å². The van der Waals surface area contributed by atoms with Crippen LogP contribution < -0.4 is 15.4 Å². The molecule has 2 aromatic carbocycles. The standard InChI is InChI=1S/C21H26N2O3.ClH/c1-3-22-15-17-7-4-5-8-19(17)23-21(25)10-6-9-20(24)16-11-13-18(26-2)14-12-16;/h4-5,7-8,11-14,22H,3,6,9-10,15H2,1-2H3,(H,23,25);1H. The highest BCUT2D eigenvalue weighted by Crippen LogP contribution is 2.16. The van der Waals surface area contributed by atoms with Gasteiger partial charge in [-0.25, -0.2) is 0 Å². The van der Waals surface area contributed by atoms with Gasteiger partial charge in [-0.3, -0.25) is 9.59 Å². The van der Waals surface area contributed by atoms with E-state index < -0.39 is 0 Å². The van der Waals surface area contributed by atoms with E-state index in [1.54, 1.807) is 31.4 Å². The van der Waals surface area contributed by atoms with Crippen molar-refractivity contribution in [2.75, 3.05) is 19.0 Å². The van der Waals surface area contributed by atoms with Crippen molar-refractivity contribution >= 4 is 29.8 Å². The van der Waals surface area contributed by atoms with Crippen LogP contribution in [0.1, 0.15) is 42.1 Å². The number of rotatable bonds is 10. The van der Waals surface area contributed by atoms with E-state index in [9.17, 15) is 9.59 Å². The number of anilines is 1. The fraction of sp³-hybridized carbons (Fsp3) is 0.333. The van der Waals surface area contributed by atoms with Gasteiger partial charge >= 0.3 is 0 Å². The number of hydrogen-bond donors (Lipinski definition) is 2. The third-order valence-corrected chi connectivity index (χ3v) is 4.08. The summed E-state index contributed by atoms with van der Waals surface area (Å²) in [6, 6.07) is 14.8. The Kier molecular flexibility index (Phi) is 10.2. The van der Waals surface area contributed by atoms with Gasteiger partial charge in [-0.2, -0.15) is 0 Å². The van der Waals surface area contributed by atoms with Gasteiger partial charge in [0, 0.05) is 30.6 Å². The maximum atomic E-state index is 12.2. The Balaban J connectivity index is 0.00000364. The first kappa shape index (κ1) is 22.7. The summed E-state index contributed by atoms with van der Waals surface area (Å²) in [4.78, 5) is 24.4. The van der Waals surface area contributed by atoms with Crippen LogP contribution in [0.4, 0.5) is 5.69 Å². The molecule has 0 heterocycles. The van der Waals surface area contributed by atoms with Crippen molar-refractivity contribution in [2.45, 2.75) is 32.7 Å². The summed E-state index contributed by atoms with van der Waals surface area (Å²) < 4.78 is 5.08. The van der Waals surface area contributed by atoms with Crippen LogP contribution >= 0.6 is 12.4 Å². The quantitative estimate of drug-likeness (QED) is 0.596. The zero-order valence-corrected chi connectivity index (χ0v) is 16.6. The first-order chi connectivity index (χ1) is 12.6. The number of carbonyl (C=O) groups excluding carboxylic acids is 2. The van der Waals surface area contributed by atoms with Gasteiger partial charge in [0.05, 0.1) is 7.11 Å². The van der Waals surface area contributed by atoms with Crippen LogP contribution in [0.15, 0.2) is 48.5 Å². The number of ketones is 1. The number of amides is 1. The van der Waals surface area contributed by atoms with E-state index in [-0.39, 0.29) is 24.1 Å². The van der Waals surface area contributed by atoms with Gasteiger partial charge in [0.1, 0.15) is 5.75 Å². The summed E-state index contributed by atoms with van der Waals surface area (Å²) in [6.45, 7) is 3.62. The molecule has 0 aliphatic heterocycles. The summed E-state index contributed by atoms with van der Waals surface area (Å²) in [7, 11) is 1.59. The minimum absolute atomic E-state index is 0. The zero-order chi connectivity index (χ0) is 18.8. The molecule has 6 heteroatoms. The summed E-state index contributed by atoms with van der Waals surface area (Å²) in [5, 5.41) is 6.20. The number of carbonyl (C=O) groups is 2.